The van der Waals surface area contributed by atoms with Crippen LogP contribution in [-0.4, -0.2) is 118 Å². The molecule has 0 saturated carbocycles. The fraction of sp³-hybridized carbons (Fsp3) is 0.242. The molecule has 127 heavy (non-hydrogen) atoms. The van der Waals surface area contributed by atoms with Crippen LogP contribution in [0, 0.1) is 23.3 Å². The number of aryl methyl sites for hydroxylation is 1. The van der Waals surface area contributed by atoms with E-state index in [0.717, 1.165) is 95.4 Å². The fourth-order valence-corrected chi connectivity index (χ4v) is 16.9. The molecule has 0 radical (unpaired) electrons. The van der Waals surface area contributed by atoms with Crippen LogP contribution >= 0.6 is 0 Å². The molecule has 4 aliphatic rings. The maximum Gasteiger partial charge on any atom is 0.272 e. The van der Waals surface area contributed by atoms with E-state index in [1.165, 1.54) is 24.3 Å². The molecule has 16 aromatic rings. The van der Waals surface area contributed by atoms with Crippen molar-refractivity contribution in [3.63, 3.8) is 0 Å². The van der Waals surface area contributed by atoms with Crippen molar-refractivity contribution in [2.24, 2.45) is 0 Å². The quantitative estimate of drug-likeness (QED) is 0.0443. The summed E-state index contributed by atoms with van der Waals surface area (Å²) in [6.07, 6.45) is 8.79. The molecule has 0 bridgehead atoms. The van der Waals surface area contributed by atoms with Crippen LogP contribution in [0.25, 0.3) is 43.1 Å². The lowest BCUT2D eigenvalue weighted by molar-refractivity contribution is -0.768. The number of hydrogen-bond donors (Lipinski definition) is 5. The van der Waals surface area contributed by atoms with Crippen LogP contribution in [-0.2, 0) is 84.6 Å². The van der Waals surface area contributed by atoms with Gasteiger partial charge in [-0.2, -0.15) is 40.8 Å². The summed E-state index contributed by atoms with van der Waals surface area (Å²) in [6, 6.07) is 47.7. The van der Waals surface area contributed by atoms with E-state index in [0.29, 0.717) is 128 Å². The first-order valence-corrected chi connectivity index (χ1v) is 41.7. The average Bonchev–Trinajstić information content (AvgIpc) is 1.72. The van der Waals surface area contributed by atoms with Crippen molar-refractivity contribution in [1.82, 2.24) is 94.8 Å². The molecule has 8 aromatic heterocycles. The van der Waals surface area contributed by atoms with Gasteiger partial charge in [0.05, 0.1) is 141 Å². The van der Waals surface area contributed by atoms with Gasteiger partial charge in [0.2, 0.25) is 6.20 Å². The Labute approximate surface area is 722 Å². The summed E-state index contributed by atoms with van der Waals surface area (Å²) in [5, 5.41) is 48.3. The molecule has 20 rings (SSSR count). The number of aromatic amines is 5. The number of rotatable bonds is 16. The fourth-order valence-electron chi connectivity index (χ4n) is 16.9. The van der Waals surface area contributed by atoms with Gasteiger partial charge < -0.3 is 19.6 Å². The van der Waals surface area contributed by atoms with Gasteiger partial charge in [0.1, 0.15) is 29.0 Å². The van der Waals surface area contributed by atoms with Gasteiger partial charge in [0, 0.05) is 102 Å². The van der Waals surface area contributed by atoms with Gasteiger partial charge >= 0.3 is 0 Å². The highest BCUT2D eigenvalue weighted by Crippen LogP contribution is 2.33. The molecule has 642 valence electrons. The predicted molar refractivity (Wildman–Crippen MR) is 465 cm³/mol. The normalized spacial score (nSPS) is 13.1. The summed E-state index contributed by atoms with van der Waals surface area (Å²) in [4.78, 5) is 107. The van der Waals surface area contributed by atoms with Gasteiger partial charge in [-0.3, -0.25) is 52.4 Å². The Bertz CT molecular complexity index is 7060. The highest BCUT2D eigenvalue weighted by atomic mass is 19.1. The molecular weight excluding hydrogens is 1630 g/mol. The maximum absolute atomic E-state index is 14.7. The molecule has 0 saturated heterocycles. The van der Waals surface area contributed by atoms with E-state index >= 15 is 0 Å². The highest BCUT2D eigenvalue weighted by molar-refractivity contribution is 5.98. The number of H-pyrrole nitrogens is 5. The molecule has 32 heteroatoms. The van der Waals surface area contributed by atoms with Gasteiger partial charge in [-0.25, -0.2) is 38.0 Å². The van der Waals surface area contributed by atoms with Crippen LogP contribution < -0.4 is 26.9 Å². The van der Waals surface area contributed by atoms with Crippen LogP contribution in [0.15, 0.2) is 214 Å². The number of nitrogens with one attached hydrogen (secondary N) is 5. The minimum absolute atomic E-state index is 0.0328. The second kappa shape index (κ2) is 35.2. The molecule has 0 fully saturated rings. The van der Waals surface area contributed by atoms with Gasteiger partial charge in [-0.1, -0.05) is 97.1 Å². The van der Waals surface area contributed by atoms with E-state index < -0.39 is 23.3 Å². The van der Waals surface area contributed by atoms with E-state index in [2.05, 4.69) is 75.0 Å². The summed E-state index contributed by atoms with van der Waals surface area (Å²) in [6.45, 7) is 18.4. The first-order chi connectivity index (χ1) is 61.3. The number of fused-ring (bicyclic) bond motifs is 8. The number of carbonyl (C=O) groups excluding carboxylic acids is 4. The van der Waals surface area contributed by atoms with Crippen molar-refractivity contribution in [1.29, 1.82) is 0 Å². The smallest absolute Gasteiger partial charge is 0.272 e. The lowest BCUT2D eigenvalue weighted by Crippen LogP contribution is -2.38. The van der Waals surface area contributed by atoms with Crippen LogP contribution in [0.2, 0.25) is 0 Å². The van der Waals surface area contributed by atoms with E-state index in [1.807, 2.05) is 108 Å². The summed E-state index contributed by atoms with van der Waals surface area (Å²) in [5.41, 5.74) is 12.7. The molecule has 5 N–H and O–H groups in total. The molecule has 4 aliphatic heterocycles. The summed E-state index contributed by atoms with van der Waals surface area (Å²) < 4.78 is 66.2. The third kappa shape index (κ3) is 17.0. The Hall–Kier alpha value is -15.2. The summed E-state index contributed by atoms with van der Waals surface area (Å²) in [7, 11) is 0. The van der Waals surface area contributed by atoms with Crippen LogP contribution in [0.5, 0.6) is 0 Å². The molecular formula is C95H87F4N20O8+. The molecule has 0 atom stereocenters. The van der Waals surface area contributed by atoms with Crippen molar-refractivity contribution in [3.8, 4) is 0 Å². The molecule has 28 nitrogen and oxygen atoms in total. The van der Waals surface area contributed by atoms with Crippen molar-refractivity contribution in [2.75, 3.05) is 0 Å². The van der Waals surface area contributed by atoms with Crippen molar-refractivity contribution in [3.05, 3.63) is 372 Å². The number of nitrogens with zero attached hydrogens (tertiary/aromatic N) is 15. The molecule has 4 amide bonds. The third-order valence-corrected chi connectivity index (χ3v) is 23.4. The van der Waals surface area contributed by atoms with Crippen LogP contribution in [0.3, 0.4) is 0 Å². The van der Waals surface area contributed by atoms with Gasteiger partial charge in [0.15, 0.2) is 6.04 Å². The standard InChI is InChI=1S/3C24H22FN5O2.C23H20FN5O2/c1-14(2)30-12-16-11-29(13-22(16)28-30)24(32)19-9-15(7-8-20(19)25)10-21-17-5-3-4-6-18(17)23(31)27-26-21;2*1-14(2)30-22-13-29(12-16(22)11-26-30)24(32)19-9-15(7-8-20(19)25)10-21-17-5-3-4-6-18(17)23(31)28-27-21;1-2-29-21-13-28(12-15(21)11-25-29)23(31)18-9-14(7-8-19(18)24)10-20-16-5-3-4-6-17(16)22(30)27-26-20/h3-9,12,14H,10-11,13H2,1-2H3,(H,27,31);2*3-9,11,14H,10,12-13H2,1-2H3,(H,28,31);3-9,11H,2,10,12-13H2,1H3,(H,27,30)/p+1. The lowest BCUT2D eigenvalue weighted by Gasteiger charge is -2.18. The number of amides is 4. The first kappa shape index (κ1) is 84.0. The number of aromatic nitrogens is 16. The molecule has 12 heterocycles. The van der Waals surface area contributed by atoms with Gasteiger partial charge in [-0.05, 0) is 144 Å². The number of benzene rings is 8. The maximum atomic E-state index is 14.7. The van der Waals surface area contributed by atoms with Crippen molar-refractivity contribution >= 4 is 66.7 Å². The van der Waals surface area contributed by atoms with E-state index in [1.54, 1.807) is 135 Å². The Morgan fingerprint density at radius 2 is 0.646 bits per heavy atom. The van der Waals surface area contributed by atoms with E-state index in [4.69, 9.17) is 0 Å². The second-order valence-corrected chi connectivity index (χ2v) is 32.8. The minimum atomic E-state index is -0.556. The summed E-state index contributed by atoms with van der Waals surface area (Å²) >= 11 is 0. The third-order valence-electron chi connectivity index (χ3n) is 23.4. The SMILES string of the molecule is CC(C)[n+]1cc2c([nH]1)CN(C(=O)c1cc(Cc3n[nH]c(=O)c4ccccc34)ccc1F)C2.CC(C)n1ncc2c1CN(C(=O)c1cc(Cc3n[nH]c(=O)c4ccccc34)ccc1F)C2.CC(C)n1ncc2c1CN(C(=O)c1cc(Cc3n[nH]c(=O)c4ccccc34)ccc1F)C2.CCn1ncc2c1CN(C(=O)c1cc(Cc3n[nH]c(=O)c4ccccc34)ccc1F)C2. The average molecular weight is 1710 g/mol. The molecule has 0 unspecified atom stereocenters. The zero-order valence-electron chi connectivity index (χ0n) is 70.4. The number of halogens is 4. The van der Waals surface area contributed by atoms with Gasteiger partial charge in [0.25, 0.3) is 45.9 Å². The zero-order chi connectivity index (χ0) is 88.7. The zero-order valence-corrected chi connectivity index (χ0v) is 70.4. The van der Waals surface area contributed by atoms with Crippen LogP contribution in [0.1, 0.15) is 198 Å². The van der Waals surface area contributed by atoms with Crippen molar-refractivity contribution in [2.45, 2.75) is 151 Å². The Kier molecular flexibility index (Phi) is 23.3. The Balaban J connectivity index is 0.000000119. The largest absolute Gasteiger partial charge is 0.328 e. The topological polar surface area (TPSA) is 337 Å². The first-order valence-electron chi connectivity index (χ1n) is 41.7. The molecule has 8 aromatic carbocycles. The highest BCUT2D eigenvalue weighted by Gasteiger charge is 2.36. The number of hydrogen-bond acceptors (Lipinski definition) is 15. The van der Waals surface area contributed by atoms with Crippen LogP contribution in [0.4, 0.5) is 17.6 Å². The van der Waals surface area contributed by atoms with E-state index in [9.17, 15) is 55.9 Å². The monoisotopic (exact) mass is 1710 g/mol. The number of carbonyl (C=O) groups is 4. The lowest BCUT2D eigenvalue weighted by atomic mass is 10.0. The van der Waals surface area contributed by atoms with E-state index in [-0.39, 0.29) is 80.2 Å². The Morgan fingerprint density at radius 3 is 0.945 bits per heavy atom. The van der Waals surface area contributed by atoms with Crippen molar-refractivity contribution < 1.29 is 41.4 Å². The predicted octanol–water partition coefficient (Wildman–Crippen LogP) is 13.2. The van der Waals surface area contributed by atoms with Gasteiger partial charge in [-0.15, -0.1) is 4.68 Å². The molecule has 0 aliphatic carbocycles. The summed E-state index contributed by atoms with van der Waals surface area (Å²) in [5.74, 6) is -3.61. The molecule has 0 spiro atoms. The minimum Gasteiger partial charge on any atom is -0.328 e. The Morgan fingerprint density at radius 1 is 0.362 bits per heavy atom. The second-order valence-electron chi connectivity index (χ2n) is 32.8.